The normalized spacial score (nSPS) is 15.1. The van der Waals surface area contributed by atoms with Crippen molar-refractivity contribution in [3.8, 4) is 0 Å². The van der Waals surface area contributed by atoms with Crippen LogP contribution in [0.2, 0.25) is 0 Å². The molecule has 81 heavy (non-hydrogen) atoms. The van der Waals surface area contributed by atoms with Gasteiger partial charge >= 0.3 is 17.9 Å². The van der Waals surface area contributed by atoms with Crippen LogP contribution in [0.3, 0.4) is 0 Å². The molecule has 0 radical (unpaired) electrons. The Morgan fingerprint density at radius 1 is 0.519 bits per heavy atom. The first-order valence-corrected chi connectivity index (χ1v) is 25.8. The van der Waals surface area contributed by atoms with Crippen molar-refractivity contribution in [2.45, 2.75) is 151 Å². The van der Waals surface area contributed by atoms with Crippen LogP contribution in [0.1, 0.15) is 82.9 Å². The number of aliphatic carboxylic acids is 3. The second-order valence-corrected chi connectivity index (χ2v) is 18.7. The monoisotopic (exact) mass is 1150 g/mol. The van der Waals surface area contributed by atoms with Gasteiger partial charge in [-0.15, -0.1) is 0 Å². The number of nitrogens with two attached hydrogens (primary N) is 3. The van der Waals surface area contributed by atoms with Gasteiger partial charge in [0.15, 0.2) is 0 Å². The first-order chi connectivity index (χ1) is 38.3. The predicted molar refractivity (Wildman–Crippen MR) is 282 cm³/mol. The van der Waals surface area contributed by atoms with E-state index in [9.17, 15) is 88.2 Å². The van der Waals surface area contributed by atoms with Crippen LogP contribution < -0.4 is 65.1 Å². The first kappa shape index (κ1) is 68.9. The number of unbranched alkanes of at least 4 members (excludes halogenated alkanes) is 2. The summed E-state index contributed by atoms with van der Waals surface area (Å²) in [6.07, 6.45) is -2.56. The van der Waals surface area contributed by atoms with Crippen LogP contribution >= 0.6 is 0 Å². The number of hydrogen-bond acceptors (Lipinski definition) is 19. The topological polar surface area (TPSA) is 541 Å². The van der Waals surface area contributed by atoms with E-state index in [1.807, 2.05) is 5.32 Å². The first-order valence-electron chi connectivity index (χ1n) is 25.8. The van der Waals surface area contributed by atoms with Gasteiger partial charge in [-0.3, -0.25) is 52.7 Å². The lowest BCUT2D eigenvalue weighted by molar-refractivity contribution is -0.143. The summed E-state index contributed by atoms with van der Waals surface area (Å²) < 4.78 is 0. The molecule has 450 valence electrons. The zero-order valence-corrected chi connectivity index (χ0v) is 44.8. The molecule has 0 saturated carbocycles. The van der Waals surface area contributed by atoms with E-state index in [2.05, 4.69) is 52.5 Å². The average Bonchev–Trinajstić information content (AvgIpc) is 3.93. The van der Waals surface area contributed by atoms with Crippen molar-refractivity contribution in [2.24, 2.45) is 17.2 Å². The maximum absolute atomic E-state index is 14.2. The van der Waals surface area contributed by atoms with Crippen molar-refractivity contribution in [3.05, 3.63) is 54.1 Å². The molecule has 22 N–H and O–H groups in total. The van der Waals surface area contributed by atoms with Gasteiger partial charge in [0.1, 0.15) is 54.4 Å². The number of hydrogen-bond donors (Lipinski definition) is 19. The van der Waals surface area contributed by atoms with Crippen molar-refractivity contribution in [1.82, 2.24) is 57.8 Å². The molecule has 1 aromatic heterocycles. The molecule has 0 spiro atoms. The molecule has 32 nitrogen and oxygen atoms in total. The number of rotatable bonds is 39. The number of carboxylic acid groups (broad SMARTS) is 3. The third kappa shape index (κ3) is 25.2. The highest BCUT2D eigenvalue weighted by Gasteiger charge is 2.37. The number of H-pyrrole nitrogens is 1. The molecule has 0 fully saturated rings. The van der Waals surface area contributed by atoms with Crippen molar-refractivity contribution in [1.29, 1.82) is 0 Å². The third-order valence-electron chi connectivity index (χ3n) is 12.1. The predicted octanol–water partition coefficient (Wildman–Crippen LogP) is -7.05. The molecule has 32 heteroatoms. The minimum atomic E-state index is -2.14. The van der Waals surface area contributed by atoms with Crippen LogP contribution in [0, 0.1) is 0 Å². The smallest absolute Gasteiger partial charge is 0.326 e. The van der Waals surface area contributed by atoms with Crippen molar-refractivity contribution >= 4 is 71.1 Å². The SMILES string of the molecule is C[C@@H](O)[C@H](NC(=O)[C@H](CO)NC(=O)[C@H](CC(=O)O)NC(=O)[C@H](CCC(=O)O)NC(=O)[C@H](Cc1ccccc1)NC(=O)[C@@H](NC(=O)[C@H](Cc1cnc[nH]1)NC(=O)CN)[C@@H](C)O)C(=O)N[C@@H](CCCCN)C(=O)N[C@@H](CCCCN)C(=O)O. The van der Waals surface area contributed by atoms with E-state index >= 15 is 0 Å². The van der Waals surface area contributed by atoms with Crippen LogP contribution in [0.25, 0.3) is 0 Å². The summed E-state index contributed by atoms with van der Waals surface area (Å²) >= 11 is 0. The van der Waals surface area contributed by atoms with Gasteiger partial charge in [-0.05, 0) is 77.4 Å². The number of carbonyl (C=O) groups excluding carboxylic acids is 9. The molecule has 9 amide bonds. The van der Waals surface area contributed by atoms with Crippen LogP contribution in [0.15, 0.2) is 42.9 Å². The van der Waals surface area contributed by atoms with Crippen LogP contribution in [0.4, 0.5) is 0 Å². The minimum absolute atomic E-state index is 0.00701. The Labute approximate surface area is 464 Å². The van der Waals surface area contributed by atoms with Gasteiger partial charge in [0.2, 0.25) is 53.2 Å². The van der Waals surface area contributed by atoms with E-state index < -0.39 is 170 Å². The molecule has 0 saturated heterocycles. The Morgan fingerprint density at radius 2 is 0.963 bits per heavy atom. The Hall–Kier alpha value is -8.17. The zero-order chi connectivity index (χ0) is 60.8. The molecule has 0 unspecified atom stereocenters. The van der Waals surface area contributed by atoms with Crippen LogP contribution in [-0.2, 0) is 70.4 Å². The second kappa shape index (κ2) is 36.2. The number of nitrogens with zero attached hydrogens (tertiary/aromatic N) is 1. The molecule has 11 atom stereocenters. The number of aliphatic hydroxyl groups excluding tert-OH is 3. The average molecular weight is 1150 g/mol. The largest absolute Gasteiger partial charge is 0.481 e. The van der Waals surface area contributed by atoms with E-state index in [0.29, 0.717) is 30.5 Å². The Bertz CT molecular complexity index is 2410. The standard InChI is InChI=1S/C49H76N14O18/c1-25(65)39(47(78)57-29(12-6-8-16-50)41(72)58-31(49(80)81)13-7-9-17-51)63-46(77)35(23-64)61-44(75)34(20-38(70)71)59-42(73)30(14-15-37(68)69)56-43(74)32(18-27-10-4-3-5-11-27)60-48(79)40(26(2)66)62-45(76)33(55-36(67)21-52)19-28-22-53-24-54-28/h3-5,10-11,22,24-26,29-35,39-40,64-66H,6-9,12-21,23,50-52H2,1-2H3,(H,53,54)(H,55,67)(H,56,74)(H,57,78)(H,58,72)(H,59,73)(H,60,79)(H,61,75)(H,62,76)(H,63,77)(H,68,69)(H,70,71)(H,80,81)/t25-,26-,29+,30+,31+,32+,33+,34+,35+,39+,40+/m1/s1. The molecule has 0 bridgehead atoms. The lowest BCUT2D eigenvalue weighted by Gasteiger charge is -2.28. The van der Waals surface area contributed by atoms with Gasteiger partial charge < -0.3 is 101 Å². The van der Waals surface area contributed by atoms with Gasteiger partial charge in [0.05, 0.1) is 38.1 Å². The number of aliphatic hydroxyl groups is 3. The molecule has 0 aliphatic heterocycles. The van der Waals surface area contributed by atoms with Gasteiger partial charge in [0, 0.05) is 31.2 Å². The maximum Gasteiger partial charge on any atom is 0.326 e. The molecule has 1 aromatic carbocycles. The Morgan fingerprint density at radius 3 is 1.44 bits per heavy atom. The minimum Gasteiger partial charge on any atom is -0.481 e. The molecule has 0 aliphatic carbocycles. The summed E-state index contributed by atoms with van der Waals surface area (Å²) in [4.78, 5) is 164. The fraction of sp³-hybridized carbons (Fsp3) is 0.571. The highest BCUT2D eigenvalue weighted by molar-refractivity contribution is 5.99. The van der Waals surface area contributed by atoms with Gasteiger partial charge in [-0.2, -0.15) is 0 Å². The second-order valence-electron chi connectivity index (χ2n) is 18.7. The molecular weight excluding hydrogens is 1070 g/mol. The van der Waals surface area contributed by atoms with Gasteiger partial charge in [0.25, 0.3) is 0 Å². The lowest BCUT2D eigenvalue weighted by Crippen LogP contribution is -2.62. The molecule has 1 heterocycles. The molecule has 0 aliphatic rings. The number of imidazole rings is 1. The highest BCUT2D eigenvalue weighted by atomic mass is 16.4. The van der Waals surface area contributed by atoms with E-state index in [0.717, 1.165) is 13.8 Å². The number of aromatic amines is 1. The fourth-order valence-electron chi connectivity index (χ4n) is 7.69. The third-order valence-corrected chi connectivity index (χ3v) is 12.1. The van der Waals surface area contributed by atoms with E-state index in [4.69, 9.17) is 17.2 Å². The summed E-state index contributed by atoms with van der Waals surface area (Å²) in [6, 6.07) is -7.70. The van der Waals surface area contributed by atoms with E-state index in [1.54, 1.807) is 30.3 Å². The van der Waals surface area contributed by atoms with E-state index in [-0.39, 0.29) is 45.2 Å². The number of aromatic nitrogens is 2. The highest BCUT2D eigenvalue weighted by Crippen LogP contribution is 2.11. The summed E-state index contributed by atoms with van der Waals surface area (Å²) in [5.74, 6) is -14.8. The van der Waals surface area contributed by atoms with Crippen molar-refractivity contribution in [2.75, 3.05) is 26.2 Å². The summed E-state index contributed by atoms with van der Waals surface area (Å²) in [6.45, 7) is 0.912. The number of amides is 9. The number of nitrogens with one attached hydrogen (secondary N) is 10. The number of benzene rings is 1. The quantitative estimate of drug-likeness (QED) is 0.0277. The summed E-state index contributed by atoms with van der Waals surface area (Å²) in [5.41, 5.74) is 17.3. The Balaban J connectivity index is 2.40. The molecule has 2 rings (SSSR count). The van der Waals surface area contributed by atoms with Crippen molar-refractivity contribution in [3.63, 3.8) is 0 Å². The van der Waals surface area contributed by atoms with Crippen LogP contribution in [-0.4, -0.2) is 205 Å². The summed E-state index contributed by atoms with van der Waals surface area (Å²) in [7, 11) is 0. The fourth-order valence-corrected chi connectivity index (χ4v) is 7.69. The van der Waals surface area contributed by atoms with Gasteiger partial charge in [-0.25, -0.2) is 9.78 Å². The zero-order valence-electron chi connectivity index (χ0n) is 44.8. The number of carbonyl (C=O) groups is 12. The molecule has 2 aromatic rings. The van der Waals surface area contributed by atoms with Crippen LogP contribution in [0.5, 0.6) is 0 Å². The molecular formula is C49H76N14O18. The lowest BCUT2D eigenvalue weighted by atomic mass is 10.0. The Kier molecular flexibility index (Phi) is 30.8. The summed E-state index contributed by atoms with van der Waals surface area (Å²) in [5, 5.41) is 80.9. The van der Waals surface area contributed by atoms with Gasteiger partial charge in [-0.1, -0.05) is 30.3 Å². The van der Waals surface area contributed by atoms with E-state index in [1.165, 1.54) is 12.5 Å². The van der Waals surface area contributed by atoms with Crippen molar-refractivity contribution < 1.29 is 88.2 Å². The maximum atomic E-state index is 14.2. The number of carboxylic acids is 3.